The molecule has 19 heavy (non-hydrogen) atoms. The van der Waals surface area contributed by atoms with Crippen molar-refractivity contribution in [2.75, 3.05) is 6.54 Å². The molecule has 1 heterocycles. The molecule has 0 aliphatic rings. The number of benzene rings is 1. The number of thiazole rings is 1. The summed E-state index contributed by atoms with van der Waals surface area (Å²) in [5.74, 6) is 0. The summed E-state index contributed by atoms with van der Waals surface area (Å²) in [6.07, 6.45) is 0.607. The minimum absolute atomic E-state index is 0.337. The average Bonchev–Trinajstić information content (AvgIpc) is 2.75. The molecule has 1 aromatic carbocycles. The van der Waals surface area contributed by atoms with Crippen LogP contribution in [0.4, 0.5) is 0 Å². The molecule has 0 aliphatic heterocycles. The molecule has 0 radical (unpaired) electrons. The third kappa shape index (κ3) is 3.62. The van der Waals surface area contributed by atoms with Crippen molar-refractivity contribution in [3.05, 3.63) is 45.9 Å². The van der Waals surface area contributed by atoms with E-state index in [2.05, 4.69) is 9.71 Å². The van der Waals surface area contributed by atoms with Crippen molar-refractivity contribution in [2.24, 2.45) is 0 Å². The molecule has 2 aromatic rings. The molecular formula is C13H16N2O2S2. The Bertz CT molecular complexity index is 663. The first-order valence-corrected chi connectivity index (χ1v) is 8.31. The predicted molar refractivity (Wildman–Crippen MR) is 76.9 cm³/mol. The number of hydrogen-bond donors (Lipinski definition) is 1. The van der Waals surface area contributed by atoms with Gasteiger partial charge >= 0.3 is 0 Å². The standard InChI is InChI=1S/C13H16N2O2S2/c1-10-5-3-4-6-13(10)19(16,17)14-8-7-12-9-18-11(2)15-12/h3-6,9,14H,7-8H2,1-2H3. The van der Waals surface area contributed by atoms with Gasteiger partial charge in [0.15, 0.2) is 0 Å². The van der Waals surface area contributed by atoms with E-state index in [4.69, 9.17) is 0 Å². The summed E-state index contributed by atoms with van der Waals surface area (Å²) >= 11 is 1.57. The van der Waals surface area contributed by atoms with Gasteiger partial charge in [-0.1, -0.05) is 18.2 Å². The maximum absolute atomic E-state index is 12.1. The van der Waals surface area contributed by atoms with Crippen LogP contribution >= 0.6 is 11.3 Å². The third-order valence-corrected chi connectivity index (χ3v) is 5.17. The number of sulfonamides is 1. The van der Waals surface area contributed by atoms with Crippen LogP contribution in [0.25, 0.3) is 0 Å². The van der Waals surface area contributed by atoms with Crippen LogP contribution in [-0.4, -0.2) is 19.9 Å². The summed E-state index contributed by atoms with van der Waals surface area (Å²) in [4.78, 5) is 4.64. The zero-order chi connectivity index (χ0) is 13.9. The van der Waals surface area contributed by atoms with Gasteiger partial charge in [-0.25, -0.2) is 18.1 Å². The van der Waals surface area contributed by atoms with E-state index in [1.165, 1.54) is 0 Å². The molecule has 0 saturated carbocycles. The van der Waals surface area contributed by atoms with E-state index < -0.39 is 10.0 Å². The van der Waals surface area contributed by atoms with E-state index in [1.807, 2.05) is 18.4 Å². The van der Waals surface area contributed by atoms with Crippen LogP contribution in [0, 0.1) is 13.8 Å². The molecular weight excluding hydrogens is 280 g/mol. The van der Waals surface area contributed by atoms with Gasteiger partial charge < -0.3 is 0 Å². The highest BCUT2D eigenvalue weighted by atomic mass is 32.2. The Balaban J connectivity index is 2.01. The predicted octanol–water partition coefficient (Wildman–Crippen LogP) is 2.28. The van der Waals surface area contributed by atoms with Crippen molar-refractivity contribution < 1.29 is 8.42 Å². The Morgan fingerprint density at radius 2 is 2.00 bits per heavy atom. The van der Waals surface area contributed by atoms with E-state index >= 15 is 0 Å². The third-order valence-electron chi connectivity index (χ3n) is 2.72. The minimum atomic E-state index is -3.43. The highest BCUT2D eigenvalue weighted by molar-refractivity contribution is 7.89. The van der Waals surface area contributed by atoms with Crippen molar-refractivity contribution in [1.29, 1.82) is 0 Å². The molecule has 0 unspecified atom stereocenters. The molecule has 0 spiro atoms. The largest absolute Gasteiger partial charge is 0.247 e. The summed E-state index contributed by atoms with van der Waals surface area (Å²) in [6.45, 7) is 4.09. The summed E-state index contributed by atoms with van der Waals surface area (Å²) in [5, 5.41) is 2.95. The fraction of sp³-hybridized carbons (Fsp3) is 0.308. The summed E-state index contributed by atoms with van der Waals surface area (Å²) in [5.41, 5.74) is 1.68. The summed E-state index contributed by atoms with van der Waals surface area (Å²) < 4.78 is 26.8. The van der Waals surface area contributed by atoms with Crippen LogP contribution in [-0.2, 0) is 16.4 Å². The van der Waals surface area contributed by atoms with Gasteiger partial charge in [0.2, 0.25) is 10.0 Å². The van der Waals surface area contributed by atoms with E-state index in [-0.39, 0.29) is 0 Å². The van der Waals surface area contributed by atoms with Crippen molar-refractivity contribution >= 4 is 21.4 Å². The highest BCUT2D eigenvalue weighted by Gasteiger charge is 2.15. The number of aromatic nitrogens is 1. The molecule has 6 heteroatoms. The highest BCUT2D eigenvalue weighted by Crippen LogP contribution is 2.14. The Hall–Kier alpha value is -1.24. The van der Waals surface area contributed by atoms with Crippen molar-refractivity contribution in [1.82, 2.24) is 9.71 Å². The topological polar surface area (TPSA) is 59.1 Å². The van der Waals surface area contributed by atoms with Gasteiger partial charge in [0.05, 0.1) is 15.6 Å². The smallest absolute Gasteiger partial charge is 0.240 e. The molecule has 102 valence electrons. The molecule has 2 rings (SSSR count). The molecule has 1 aromatic heterocycles. The maximum atomic E-state index is 12.1. The lowest BCUT2D eigenvalue weighted by Gasteiger charge is -2.08. The fourth-order valence-corrected chi connectivity index (χ4v) is 3.70. The lowest BCUT2D eigenvalue weighted by molar-refractivity contribution is 0.581. The van der Waals surface area contributed by atoms with Gasteiger partial charge in [0, 0.05) is 18.3 Å². The van der Waals surface area contributed by atoms with Gasteiger partial charge in [-0.2, -0.15) is 0 Å². The Labute approximate surface area is 117 Å². The molecule has 0 bridgehead atoms. The second-order valence-electron chi connectivity index (χ2n) is 4.27. The van der Waals surface area contributed by atoms with Crippen LogP contribution in [0.15, 0.2) is 34.5 Å². The second kappa shape index (κ2) is 5.81. The summed E-state index contributed by atoms with van der Waals surface area (Å²) in [7, 11) is -3.43. The molecule has 4 nitrogen and oxygen atoms in total. The first kappa shape index (κ1) is 14.2. The SMILES string of the molecule is Cc1nc(CCNS(=O)(=O)c2ccccc2C)cs1. The van der Waals surface area contributed by atoms with Crippen LogP contribution in [0.1, 0.15) is 16.3 Å². The zero-order valence-electron chi connectivity index (χ0n) is 10.9. The molecule has 1 N–H and O–H groups in total. The maximum Gasteiger partial charge on any atom is 0.240 e. The van der Waals surface area contributed by atoms with Crippen LogP contribution in [0.2, 0.25) is 0 Å². The van der Waals surface area contributed by atoms with Gasteiger partial charge in [0.1, 0.15) is 0 Å². The van der Waals surface area contributed by atoms with Gasteiger partial charge in [-0.05, 0) is 25.5 Å². The van der Waals surface area contributed by atoms with E-state index in [0.717, 1.165) is 16.3 Å². The molecule has 0 fully saturated rings. The Kier molecular flexibility index (Phi) is 4.34. The molecule has 0 atom stereocenters. The monoisotopic (exact) mass is 296 g/mol. The number of nitrogens with one attached hydrogen (secondary N) is 1. The Morgan fingerprint density at radius 1 is 1.26 bits per heavy atom. The van der Waals surface area contributed by atoms with Crippen molar-refractivity contribution in [3.63, 3.8) is 0 Å². The van der Waals surface area contributed by atoms with Crippen LogP contribution in [0.5, 0.6) is 0 Å². The summed E-state index contributed by atoms with van der Waals surface area (Å²) in [6, 6.07) is 6.96. The van der Waals surface area contributed by atoms with Crippen LogP contribution in [0.3, 0.4) is 0 Å². The molecule has 0 saturated heterocycles. The number of rotatable bonds is 5. The van der Waals surface area contributed by atoms with E-state index in [0.29, 0.717) is 17.9 Å². The molecule has 0 aliphatic carbocycles. The van der Waals surface area contributed by atoms with Gasteiger partial charge in [0.25, 0.3) is 0 Å². The number of aryl methyl sites for hydroxylation is 2. The normalized spacial score (nSPS) is 11.7. The fourth-order valence-electron chi connectivity index (χ4n) is 1.77. The second-order valence-corrected chi connectivity index (χ2v) is 7.07. The zero-order valence-corrected chi connectivity index (χ0v) is 12.5. The quantitative estimate of drug-likeness (QED) is 0.921. The first-order chi connectivity index (χ1) is 8.99. The van der Waals surface area contributed by atoms with Crippen molar-refractivity contribution in [3.8, 4) is 0 Å². The molecule has 0 amide bonds. The van der Waals surface area contributed by atoms with E-state index in [1.54, 1.807) is 36.5 Å². The lowest BCUT2D eigenvalue weighted by Crippen LogP contribution is -2.26. The van der Waals surface area contributed by atoms with Gasteiger partial charge in [-0.15, -0.1) is 11.3 Å². The van der Waals surface area contributed by atoms with E-state index in [9.17, 15) is 8.42 Å². The first-order valence-electron chi connectivity index (χ1n) is 5.95. The average molecular weight is 296 g/mol. The van der Waals surface area contributed by atoms with Gasteiger partial charge in [-0.3, -0.25) is 0 Å². The lowest BCUT2D eigenvalue weighted by atomic mass is 10.2. The minimum Gasteiger partial charge on any atom is -0.247 e. The van der Waals surface area contributed by atoms with Crippen LogP contribution < -0.4 is 4.72 Å². The Morgan fingerprint density at radius 3 is 2.63 bits per heavy atom. The van der Waals surface area contributed by atoms with Crippen molar-refractivity contribution in [2.45, 2.75) is 25.2 Å². The number of hydrogen-bond acceptors (Lipinski definition) is 4. The number of nitrogens with zero attached hydrogens (tertiary/aromatic N) is 1.